The van der Waals surface area contributed by atoms with Gasteiger partial charge in [-0.1, -0.05) is 0 Å². The van der Waals surface area contributed by atoms with E-state index in [1.807, 2.05) is 18.2 Å². The summed E-state index contributed by atoms with van der Waals surface area (Å²) in [6.45, 7) is 2.69. The quantitative estimate of drug-likeness (QED) is 0.213. The summed E-state index contributed by atoms with van der Waals surface area (Å²) in [5, 5.41) is 13.3. The first-order valence-corrected chi connectivity index (χ1v) is 18.5. The zero-order chi connectivity index (χ0) is 37.7. The number of amides is 3. The molecule has 1 atom stereocenters. The molecule has 1 unspecified atom stereocenters. The molecule has 2 N–H and O–H groups in total. The Morgan fingerprint density at radius 2 is 1.83 bits per heavy atom. The minimum Gasteiger partial charge on any atom is -0.371 e. The molecule has 5 aromatic rings. The normalized spacial score (nSPS) is 21.4. The van der Waals surface area contributed by atoms with Gasteiger partial charge in [0.25, 0.3) is 12.3 Å². The molecule has 54 heavy (non-hydrogen) atoms. The van der Waals surface area contributed by atoms with Crippen molar-refractivity contribution in [2.24, 2.45) is 13.0 Å². The Morgan fingerprint density at radius 1 is 1.06 bits per heavy atom. The fraction of sp³-hybridized carbons (Fsp3) is 0.486. The van der Waals surface area contributed by atoms with E-state index in [-0.39, 0.29) is 35.3 Å². The highest BCUT2D eigenvalue weighted by Crippen LogP contribution is 2.36. The van der Waals surface area contributed by atoms with Crippen LogP contribution in [0.25, 0.3) is 16.7 Å². The molecular weight excluding hydrogens is 700 g/mol. The number of hydrogen-bond donors (Lipinski definition) is 2. The van der Waals surface area contributed by atoms with Crippen LogP contribution in [0.4, 0.5) is 20.2 Å². The SMILES string of the molecule is CN(C[C@H]1CC[C@H](n2cc(NC(=O)c3cnn4cccnc34)c(C(F)F)n2)CC1)C1CCN(c2ccc3c(c2)n(C)c(=O)n3C2CCC(=O)NC2=O)CC1. The van der Waals surface area contributed by atoms with Gasteiger partial charge in [-0.15, -0.1) is 0 Å². The van der Waals surface area contributed by atoms with Crippen LogP contribution in [0.5, 0.6) is 0 Å². The predicted molar refractivity (Wildman–Crippen MR) is 196 cm³/mol. The second-order valence-corrected chi connectivity index (χ2v) is 14.8. The Kier molecular flexibility index (Phi) is 9.49. The molecule has 0 bridgehead atoms. The molecule has 4 aromatic heterocycles. The third-order valence-electron chi connectivity index (χ3n) is 11.5. The van der Waals surface area contributed by atoms with Crippen LogP contribution in [0.15, 0.2) is 53.8 Å². The molecule has 17 heteroatoms. The van der Waals surface area contributed by atoms with E-state index in [2.05, 4.69) is 42.7 Å². The summed E-state index contributed by atoms with van der Waals surface area (Å²) in [4.78, 5) is 59.5. The lowest BCUT2D eigenvalue weighted by Crippen LogP contribution is -2.45. The number of nitrogens with zero attached hydrogens (tertiary/aromatic N) is 9. The van der Waals surface area contributed by atoms with Crippen LogP contribution < -0.4 is 21.2 Å². The molecule has 284 valence electrons. The largest absolute Gasteiger partial charge is 0.371 e. The van der Waals surface area contributed by atoms with E-state index in [0.29, 0.717) is 29.5 Å². The lowest BCUT2D eigenvalue weighted by atomic mass is 9.85. The third kappa shape index (κ3) is 6.65. The summed E-state index contributed by atoms with van der Waals surface area (Å²) in [6, 6.07) is 7.29. The Labute approximate surface area is 308 Å². The number of rotatable bonds is 9. The van der Waals surface area contributed by atoms with Gasteiger partial charge >= 0.3 is 5.69 Å². The molecule has 2 saturated heterocycles. The van der Waals surface area contributed by atoms with Gasteiger partial charge in [0.2, 0.25) is 11.8 Å². The molecule has 1 aliphatic carbocycles. The second-order valence-electron chi connectivity index (χ2n) is 14.8. The van der Waals surface area contributed by atoms with Gasteiger partial charge in [0.15, 0.2) is 11.3 Å². The monoisotopic (exact) mass is 743 g/mol. The Hall–Kier alpha value is -5.45. The summed E-state index contributed by atoms with van der Waals surface area (Å²) in [5.41, 5.74) is 2.25. The van der Waals surface area contributed by atoms with Crippen molar-refractivity contribution in [3.63, 3.8) is 0 Å². The summed E-state index contributed by atoms with van der Waals surface area (Å²) < 4.78 is 34.2. The standard InChI is InChI=1S/C37H43F2N11O4/c1-45(23-12-16-47(17-13-23)25-8-9-28-30(18-25)46(2)37(54)50(28)29-10-11-31(51)43-36(29)53)20-22-4-6-24(7-5-22)49-21-27(32(44-49)33(38)39)42-35(52)26-19-41-48-15-3-14-40-34(26)48/h3,8-9,14-15,18-19,21-24,29,33H,4-7,10-13,16-17,20H2,1-2H3,(H,42,52)(H,43,51,53)/t22-,24-,29?. The smallest absolute Gasteiger partial charge is 0.329 e. The number of benzene rings is 1. The Morgan fingerprint density at radius 3 is 2.57 bits per heavy atom. The minimum atomic E-state index is -2.84. The maximum Gasteiger partial charge on any atom is 0.329 e. The van der Waals surface area contributed by atoms with E-state index in [0.717, 1.165) is 69.4 Å². The first kappa shape index (κ1) is 35.6. The zero-order valence-electron chi connectivity index (χ0n) is 30.2. The van der Waals surface area contributed by atoms with Crippen LogP contribution in [0, 0.1) is 5.92 Å². The highest BCUT2D eigenvalue weighted by Gasteiger charge is 2.33. The predicted octanol–water partition coefficient (Wildman–Crippen LogP) is 4.08. The van der Waals surface area contributed by atoms with Crippen LogP contribution in [0.3, 0.4) is 0 Å². The number of piperidine rings is 2. The topological polar surface area (TPSA) is 157 Å². The molecule has 0 radical (unpaired) electrons. The summed E-state index contributed by atoms with van der Waals surface area (Å²) in [7, 11) is 3.89. The molecule has 15 nitrogen and oxygen atoms in total. The van der Waals surface area contributed by atoms with Gasteiger partial charge in [-0.2, -0.15) is 10.2 Å². The molecule has 8 rings (SSSR count). The summed E-state index contributed by atoms with van der Waals surface area (Å²) in [6.07, 6.45) is 9.23. The first-order valence-electron chi connectivity index (χ1n) is 18.5. The van der Waals surface area contributed by atoms with Gasteiger partial charge in [-0.3, -0.25) is 33.5 Å². The Balaban J connectivity index is 0.849. The molecule has 3 fully saturated rings. The van der Waals surface area contributed by atoms with Gasteiger partial charge in [0, 0.05) is 63.4 Å². The van der Waals surface area contributed by atoms with Crippen molar-refractivity contribution >= 4 is 45.8 Å². The highest BCUT2D eigenvalue weighted by molar-refractivity contribution is 6.08. The number of aromatic nitrogens is 7. The van der Waals surface area contributed by atoms with Gasteiger partial charge < -0.3 is 15.1 Å². The van der Waals surface area contributed by atoms with Crippen molar-refractivity contribution in [1.29, 1.82) is 0 Å². The van der Waals surface area contributed by atoms with Crippen molar-refractivity contribution in [3.8, 4) is 0 Å². The van der Waals surface area contributed by atoms with Gasteiger partial charge in [0.05, 0.1) is 29.0 Å². The van der Waals surface area contributed by atoms with E-state index >= 15 is 0 Å². The minimum absolute atomic E-state index is 0.00641. The van der Waals surface area contributed by atoms with Gasteiger partial charge in [0.1, 0.15) is 11.6 Å². The summed E-state index contributed by atoms with van der Waals surface area (Å²) in [5.74, 6) is -0.850. The molecule has 3 amide bonds. The lowest BCUT2D eigenvalue weighted by Gasteiger charge is -2.40. The average molecular weight is 744 g/mol. The molecule has 2 aliphatic heterocycles. The van der Waals surface area contributed by atoms with Crippen LogP contribution in [-0.4, -0.2) is 88.9 Å². The number of carbonyl (C=O) groups is 3. The van der Waals surface area contributed by atoms with Crippen molar-refractivity contribution in [1.82, 2.24) is 43.7 Å². The van der Waals surface area contributed by atoms with Crippen molar-refractivity contribution < 1.29 is 23.2 Å². The second kappa shape index (κ2) is 14.4. The van der Waals surface area contributed by atoms with Crippen LogP contribution in [0.2, 0.25) is 0 Å². The number of fused-ring (bicyclic) bond motifs is 2. The number of hydrogen-bond acceptors (Lipinski definition) is 9. The fourth-order valence-electron chi connectivity index (χ4n) is 8.52. The van der Waals surface area contributed by atoms with E-state index in [4.69, 9.17) is 0 Å². The average Bonchev–Trinajstić information content (AvgIpc) is 3.87. The maximum atomic E-state index is 14.0. The number of anilines is 2. The zero-order valence-corrected chi connectivity index (χ0v) is 30.2. The number of carbonyl (C=O) groups excluding carboxylic acids is 3. The molecule has 1 aromatic carbocycles. The first-order chi connectivity index (χ1) is 26.0. The van der Waals surface area contributed by atoms with Crippen LogP contribution in [0.1, 0.15) is 85.9 Å². The number of imidazole rings is 1. The highest BCUT2D eigenvalue weighted by atomic mass is 19.3. The molecule has 0 spiro atoms. The third-order valence-corrected chi connectivity index (χ3v) is 11.5. The lowest BCUT2D eigenvalue weighted by molar-refractivity contribution is -0.135. The molecule has 6 heterocycles. The van der Waals surface area contributed by atoms with Crippen molar-refractivity contribution in [2.45, 2.75) is 75.9 Å². The molecule has 3 aliphatic rings. The number of imide groups is 1. The Bertz CT molecular complexity index is 2280. The number of halogens is 2. The summed E-state index contributed by atoms with van der Waals surface area (Å²) >= 11 is 0. The van der Waals surface area contributed by atoms with Gasteiger partial charge in [-0.25, -0.2) is 23.1 Å². The fourth-order valence-corrected chi connectivity index (χ4v) is 8.52. The van der Waals surface area contributed by atoms with Crippen LogP contribution in [-0.2, 0) is 16.6 Å². The maximum absolute atomic E-state index is 14.0. The van der Waals surface area contributed by atoms with E-state index in [1.165, 1.54) is 27.7 Å². The number of nitrogens with one attached hydrogen (secondary N) is 2. The molecular formula is C37H43F2N11O4. The van der Waals surface area contributed by atoms with Gasteiger partial charge in [-0.05, 0) is 82.2 Å². The number of aryl methyl sites for hydroxylation is 1. The van der Waals surface area contributed by atoms with E-state index < -0.39 is 30.0 Å². The van der Waals surface area contributed by atoms with E-state index in [1.54, 1.807) is 28.6 Å². The molecule has 1 saturated carbocycles. The van der Waals surface area contributed by atoms with E-state index in [9.17, 15) is 28.0 Å². The van der Waals surface area contributed by atoms with Crippen molar-refractivity contribution in [3.05, 3.63) is 70.8 Å². The van der Waals surface area contributed by atoms with Crippen LogP contribution >= 0.6 is 0 Å². The van der Waals surface area contributed by atoms with Crippen molar-refractivity contribution in [2.75, 3.05) is 36.9 Å². The number of alkyl halides is 2.